The van der Waals surface area contributed by atoms with Crippen LogP contribution in [-0.2, 0) is 18.3 Å². The van der Waals surface area contributed by atoms with Crippen molar-refractivity contribution < 1.29 is 19.8 Å². The van der Waals surface area contributed by atoms with Gasteiger partial charge in [-0.25, -0.2) is 0 Å². The molecule has 0 saturated heterocycles. The standard InChI is InChI=1S/C25H28ClNO4/c1-16(14-24(30)31)13-23(29)25-19-15-18(26)11-12-20(19)27(2)21(25)9-6-10-22(28)17-7-4-3-5-8-17/h3-5,7-8,11-12,15-16,22,28H,6,9-10,13-14H2,1-2H3,(H,30,31). The first-order valence-corrected chi connectivity index (χ1v) is 10.9. The highest BCUT2D eigenvalue weighted by molar-refractivity contribution is 6.31. The van der Waals surface area contributed by atoms with Gasteiger partial charge in [-0.1, -0.05) is 48.9 Å². The van der Waals surface area contributed by atoms with Crippen molar-refractivity contribution in [2.24, 2.45) is 13.0 Å². The second-order valence-corrected chi connectivity index (χ2v) is 8.63. The molecule has 2 unspecified atom stereocenters. The Balaban J connectivity index is 1.85. The zero-order valence-corrected chi connectivity index (χ0v) is 18.6. The summed E-state index contributed by atoms with van der Waals surface area (Å²) in [4.78, 5) is 24.2. The molecule has 0 aliphatic rings. The van der Waals surface area contributed by atoms with Crippen LogP contribution in [0.2, 0.25) is 5.02 Å². The Hall–Kier alpha value is -2.63. The number of benzene rings is 2. The lowest BCUT2D eigenvalue weighted by molar-refractivity contribution is -0.137. The molecule has 6 heteroatoms. The Morgan fingerprint density at radius 2 is 1.81 bits per heavy atom. The van der Waals surface area contributed by atoms with E-state index in [0.717, 1.165) is 22.2 Å². The molecule has 164 valence electrons. The molecule has 1 heterocycles. The maximum Gasteiger partial charge on any atom is 0.303 e. The lowest BCUT2D eigenvalue weighted by Gasteiger charge is -2.13. The smallest absolute Gasteiger partial charge is 0.303 e. The molecule has 1 aromatic heterocycles. The Bertz CT molecular complexity index is 1070. The Kier molecular flexibility index (Phi) is 7.52. The monoisotopic (exact) mass is 441 g/mol. The van der Waals surface area contributed by atoms with Crippen molar-refractivity contribution in [1.82, 2.24) is 4.57 Å². The van der Waals surface area contributed by atoms with Crippen LogP contribution in [0.4, 0.5) is 0 Å². The van der Waals surface area contributed by atoms with Gasteiger partial charge in [0.25, 0.3) is 0 Å². The van der Waals surface area contributed by atoms with E-state index >= 15 is 0 Å². The van der Waals surface area contributed by atoms with E-state index in [1.54, 1.807) is 19.1 Å². The second kappa shape index (κ2) is 10.1. The van der Waals surface area contributed by atoms with Crippen molar-refractivity contribution in [3.63, 3.8) is 0 Å². The summed E-state index contributed by atoms with van der Waals surface area (Å²) in [5, 5.41) is 20.9. The number of aliphatic carboxylic acids is 1. The predicted molar refractivity (Wildman–Crippen MR) is 123 cm³/mol. The number of carboxylic acids is 1. The lowest BCUT2D eigenvalue weighted by Crippen LogP contribution is -2.12. The first-order valence-electron chi connectivity index (χ1n) is 10.5. The van der Waals surface area contributed by atoms with Crippen molar-refractivity contribution in [1.29, 1.82) is 0 Å². The molecule has 31 heavy (non-hydrogen) atoms. The number of aliphatic hydroxyl groups excluding tert-OH is 1. The minimum absolute atomic E-state index is 0.0458. The van der Waals surface area contributed by atoms with Crippen molar-refractivity contribution in [3.8, 4) is 0 Å². The van der Waals surface area contributed by atoms with Gasteiger partial charge in [0.15, 0.2) is 5.78 Å². The number of nitrogens with zero attached hydrogens (tertiary/aromatic N) is 1. The number of carbonyl (C=O) groups excluding carboxylic acids is 1. The lowest BCUT2D eigenvalue weighted by atomic mass is 9.94. The van der Waals surface area contributed by atoms with Gasteiger partial charge in [0.05, 0.1) is 6.10 Å². The Morgan fingerprint density at radius 1 is 1.10 bits per heavy atom. The third-order valence-corrected chi connectivity index (χ3v) is 5.93. The van der Waals surface area contributed by atoms with Gasteiger partial charge in [0, 0.05) is 47.1 Å². The van der Waals surface area contributed by atoms with E-state index in [9.17, 15) is 14.7 Å². The van der Waals surface area contributed by atoms with Crippen LogP contribution < -0.4 is 0 Å². The zero-order valence-electron chi connectivity index (χ0n) is 17.8. The van der Waals surface area contributed by atoms with Crippen LogP contribution in [0.5, 0.6) is 0 Å². The number of aryl methyl sites for hydroxylation is 1. The van der Waals surface area contributed by atoms with E-state index in [1.165, 1.54) is 0 Å². The van der Waals surface area contributed by atoms with Crippen LogP contribution in [0.1, 0.15) is 60.3 Å². The molecule has 0 saturated carbocycles. The minimum atomic E-state index is -0.906. The molecule has 3 rings (SSSR count). The zero-order chi connectivity index (χ0) is 22.5. The number of ketones is 1. The average molecular weight is 442 g/mol. The molecule has 0 radical (unpaired) electrons. The summed E-state index contributed by atoms with van der Waals surface area (Å²) in [7, 11) is 1.93. The van der Waals surface area contributed by atoms with Gasteiger partial charge in [-0.3, -0.25) is 9.59 Å². The normalized spacial score (nSPS) is 13.3. The fourth-order valence-corrected chi connectivity index (χ4v) is 4.34. The number of carbonyl (C=O) groups is 2. The van der Waals surface area contributed by atoms with Crippen molar-refractivity contribution in [2.75, 3.05) is 0 Å². The van der Waals surface area contributed by atoms with Gasteiger partial charge in [0.1, 0.15) is 0 Å². The number of aliphatic hydroxyl groups is 1. The van der Waals surface area contributed by atoms with Gasteiger partial charge >= 0.3 is 5.97 Å². The molecule has 2 aromatic carbocycles. The predicted octanol–water partition coefficient (Wildman–Crippen LogP) is 5.57. The molecule has 2 N–H and O–H groups in total. The SMILES string of the molecule is CC(CC(=O)O)CC(=O)c1c(CCCC(O)c2ccccc2)n(C)c2ccc(Cl)cc12. The number of aromatic nitrogens is 1. The summed E-state index contributed by atoms with van der Waals surface area (Å²) >= 11 is 6.21. The van der Waals surface area contributed by atoms with Gasteiger partial charge in [-0.15, -0.1) is 0 Å². The number of hydrogen-bond donors (Lipinski definition) is 2. The summed E-state index contributed by atoms with van der Waals surface area (Å²) in [5.41, 5.74) is 3.30. The molecule has 5 nitrogen and oxygen atoms in total. The van der Waals surface area contributed by atoms with E-state index in [4.69, 9.17) is 16.7 Å². The molecular formula is C25H28ClNO4. The number of rotatable bonds is 10. The largest absolute Gasteiger partial charge is 0.481 e. The number of halogens is 1. The average Bonchev–Trinajstić information content (AvgIpc) is 2.99. The first-order chi connectivity index (χ1) is 14.8. The van der Waals surface area contributed by atoms with Crippen LogP contribution in [0.25, 0.3) is 10.9 Å². The Labute approximate surface area is 187 Å². The van der Waals surface area contributed by atoms with Crippen molar-refractivity contribution >= 4 is 34.3 Å². The van der Waals surface area contributed by atoms with E-state index < -0.39 is 12.1 Å². The van der Waals surface area contributed by atoms with E-state index in [2.05, 4.69) is 0 Å². The fourth-order valence-electron chi connectivity index (χ4n) is 4.17. The van der Waals surface area contributed by atoms with Crippen LogP contribution in [0.3, 0.4) is 0 Å². The van der Waals surface area contributed by atoms with E-state index in [0.29, 0.717) is 29.8 Å². The molecule has 0 aliphatic carbocycles. The summed E-state index contributed by atoms with van der Waals surface area (Å²) in [5.74, 6) is -1.23. The van der Waals surface area contributed by atoms with Gasteiger partial charge in [-0.2, -0.15) is 0 Å². The Morgan fingerprint density at radius 3 is 2.48 bits per heavy atom. The van der Waals surface area contributed by atoms with Gasteiger partial charge in [0.2, 0.25) is 0 Å². The summed E-state index contributed by atoms with van der Waals surface area (Å²) < 4.78 is 2.01. The third kappa shape index (κ3) is 5.54. The van der Waals surface area contributed by atoms with Gasteiger partial charge < -0.3 is 14.8 Å². The maximum atomic E-state index is 13.2. The van der Waals surface area contributed by atoms with Crippen LogP contribution >= 0.6 is 11.6 Å². The van der Waals surface area contributed by atoms with E-state index in [-0.39, 0.29) is 24.5 Å². The quantitative estimate of drug-likeness (QED) is 0.403. The van der Waals surface area contributed by atoms with Crippen LogP contribution in [0, 0.1) is 5.92 Å². The topological polar surface area (TPSA) is 79.5 Å². The first kappa shape index (κ1) is 23.0. The molecule has 0 amide bonds. The summed E-state index contributed by atoms with van der Waals surface area (Å²) in [6.45, 7) is 1.78. The summed E-state index contributed by atoms with van der Waals surface area (Å²) in [6.07, 6.45) is 1.48. The minimum Gasteiger partial charge on any atom is -0.481 e. The van der Waals surface area contributed by atoms with Gasteiger partial charge in [-0.05, 0) is 48.9 Å². The molecule has 0 bridgehead atoms. The third-order valence-electron chi connectivity index (χ3n) is 5.69. The molecule has 0 spiro atoms. The van der Waals surface area contributed by atoms with Crippen molar-refractivity contribution in [3.05, 3.63) is 70.4 Å². The molecule has 3 aromatic rings. The van der Waals surface area contributed by atoms with E-state index in [1.807, 2.05) is 48.0 Å². The number of fused-ring (bicyclic) bond motifs is 1. The highest BCUT2D eigenvalue weighted by atomic mass is 35.5. The van der Waals surface area contributed by atoms with Crippen LogP contribution in [0.15, 0.2) is 48.5 Å². The van der Waals surface area contributed by atoms with Crippen molar-refractivity contribution in [2.45, 2.75) is 45.1 Å². The fraction of sp³-hybridized carbons (Fsp3) is 0.360. The molecule has 0 fully saturated rings. The molecule has 0 aliphatic heterocycles. The molecule has 2 atom stereocenters. The second-order valence-electron chi connectivity index (χ2n) is 8.19. The maximum absolute atomic E-state index is 13.2. The number of hydrogen-bond acceptors (Lipinski definition) is 3. The highest BCUT2D eigenvalue weighted by Gasteiger charge is 2.23. The number of Topliss-reactive ketones (excluding diaryl/α,β-unsaturated/α-hetero) is 1. The number of carboxylic acid groups (broad SMARTS) is 1. The van der Waals surface area contributed by atoms with Crippen LogP contribution in [-0.4, -0.2) is 26.5 Å². The molecular weight excluding hydrogens is 414 g/mol. The summed E-state index contributed by atoms with van der Waals surface area (Å²) in [6, 6.07) is 15.0. The highest BCUT2D eigenvalue weighted by Crippen LogP contribution is 2.32.